The number of hydrogen-bond acceptors (Lipinski definition) is 4. The van der Waals surface area contributed by atoms with E-state index in [9.17, 15) is 9.18 Å². The molecule has 0 saturated carbocycles. The summed E-state index contributed by atoms with van der Waals surface area (Å²) in [5, 5.41) is 2.81. The molecule has 4 heterocycles. The van der Waals surface area contributed by atoms with E-state index >= 15 is 0 Å². The minimum Gasteiger partial charge on any atom is -0.337 e. The van der Waals surface area contributed by atoms with Gasteiger partial charge < -0.3 is 14.2 Å². The monoisotopic (exact) mass is 434 g/mol. The molecule has 5 rings (SSSR count). The van der Waals surface area contributed by atoms with E-state index in [1.54, 1.807) is 12.1 Å². The lowest BCUT2D eigenvalue weighted by molar-refractivity contribution is 0.0765. The number of carbonyl (C=O) groups excluding carboxylic acids is 1. The number of hydrogen-bond donors (Lipinski definition) is 0. The van der Waals surface area contributed by atoms with Crippen molar-refractivity contribution in [3.05, 3.63) is 71.5 Å². The molecule has 0 aliphatic carbocycles. The van der Waals surface area contributed by atoms with E-state index < -0.39 is 0 Å². The van der Waals surface area contributed by atoms with Crippen LogP contribution in [0.4, 0.5) is 4.39 Å². The summed E-state index contributed by atoms with van der Waals surface area (Å²) in [6, 6.07) is 14.2. The SMILES string of the molecule is CN1CCCN(C(=O)c2cc(-c3csc(-c4ccc(F)cc4)n3)n3ccccc23)CC1. The number of pyridine rings is 1. The quantitative estimate of drug-likeness (QED) is 0.471. The highest BCUT2D eigenvalue weighted by Gasteiger charge is 2.24. The van der Waals surface area contributed by atoms with Gasteiger partial charge in [0.1, 0.15) is 10.8 Å². The Morgan fingerprint density at radius 2 is 1.90 bits per heavy atom. The minimum absolute atomic E-state index is 0.0687. The maximum Gasteiger partial charge on any atom is 0.256 e. The third-order valence-electron chi connectivity index (χ3n) is 5.77. The van der Waals surface area contributed by atoms with E-state index in [0.29, 0.717) is 5.56 Å². The summed E-state index contributed by atoms with van der Waals surface area (Å²) in [7, 11) is 2.10. The van der Waals surface area contributed by atoms with Crippen molar-refractivity contribution in [2.75, 3.05) is 33.2 Å². The Kier molecular flexibility index (Phi) is 5.29. The summed E-state index contributed by atoms with van der Waals surface area (Å²) < 4.78 is 15.3. The van der Waals surface area contributed by atoms with Gasteiger partial charge in [0.25, 0.3) is 5.91 Å². The zero-order valence-electron chi connectivity index (χ0n) is 17.3. The lowest BCUT2D eigenvalue weighted by Crippen LogP contribution is -2.34. The van der Waals surface area contributed by atoms with Gasteiger partial charge in [-0.15, -0.1) is 11.3 Å². The maximum atomic E-state index is 13.4. The maximum absolute atomic E-state index is 13.4. The standard InChI is InChI=1S/C24H23FN4OS/c1-27-10-4-11-28(14-13-27)24(30)19-15-22(29-12-3-2-5-21(19)29)20-16-31-23(26-20)17-6-8-18(25)9-7-17/h2-3,5-9,12,15-16H,4,10-11,13-14H2,1H3. The van der Waals surface area contributed by atoms with E-state index in [1.165, 1.54) is 23.5 Å². The van der Waals surface area contributed by atoms with Crippen LogP contribution in [-0.2, 0) is 0 Å². The van der Waals surface area contributed by atoms with Gasteiger partial charge in [0.15, 0.2) is 0 Å². The molecule has 0 bridgehead atoms. The van der Waals surface area contributed by atoms with E-state index in [-0.39, 0.29) is 11.7 Å². The van der Waals surface area contributed by atoms with Crippen molar-refractivity contribution in [2.45, 2.75) is 6.42 Å². The average molecular weight is 435 g/mol. The predicted molar refractivity (Wildman–Crippen MR) is 122 cm³/mol. The van der Waals surface area contributed by atoms with Gasteiger partial charge in [0.2, 0.25) is 0 Å². The van der Waals surface area contributed by atoms with Crippen LogP contribution in [0.25, 0.3) is 27.5 Å². The van der Waals surface area contributed by atoms with E-state index in [0.717, 1.165) is 60.1 Å². The molecule has 158 valence electrons. The molecule has 0 spiro atoms. The van der Waals surface area contributed by atoms with Gasteiger partial charge in [0, 0.05) is 36.8 Å². The smallest absolute Gasteiger partial charge is 0.256 e. The number of rotatable bonds is 3. The lowest BCUT2D eigenvalue weighted by Gasteiger charge is -2.20. The highest BCUT2D eigenvalue weighted by atomic mass is 32.1. The molecule has 1 amide bonds. The van der Waals surface area contributed by atoms with Crippen LogP contribution in [0.5, 0.6) is 0 Å². The number of amides is 1. The molecular formula is C24H23FN4OS. The van der Waals surface area contributed by atoms with E-state index in [2.05, 4.69) is 11.9 Å². The van der Waals surface area contributed by atoms with Gasteiger partial charge in [-0.25, -0.2) is 9.37 Å². The molecule has 1 fully saturated rings. The van der Waals surface area contributed by atoms with Gasteiger partial charge in [-0.2, -0.15) is 0 Å². The molecule has 1 aliphatic rings. The molecule has 3 aromatic heterocycles. The van der Waals surface area contributed by atoms with Crippen molar-refractivity contribution in [3.8, 4) is 22.0 Å². The van der Waals surface area contributed by atoms with Crippen LogP contribution in [0, 0.1) is 5.82 Å². The van der Waals surface area contributed by atoms with E-state index in [1.807, 2.05) is 45.1 Å². The first-order valence-corrected chi connectivity index (χ1v) is 11.3. The van der Waals surface area contributed by atoms with Gasteiger partial charge in [-0.05, 0) is 62.5 Å². The number of aromatic nitrogens is 2. The third-order valence-corrected chi connectivity index (χ3v) is 6.66. The molecular weight excluding hydrogens is 411 g/mol. The molecule has 4 aromatic rings. The first-order chi connectivity index (χ1) is 15.1. The van der Waals surface area contributed by atoms with E-state index in [4.69, 9.17) is 4.98 Å². The molecule has 1 aliphatic heterocycles. The molecule has 31 heavy (non-hydrogen) atoms. The fraction of sp³-hybridized carbons (Fsp3) is 0.250. The average Bonchev–Trinajstić information content (AvgIpc) is 3.35. The molecule has 1 saturated heterocycles. The van der Waals surface area contributed by atoms with Gasteiger partial charge in [-0.1, -0.05) is 6.07 Å². The summed E-state index contributed by atoms with van der Waals surface area (Å²) in [5.74, 6) is -0.194. The number of halogens is 1. The van der Waals surface area contributed by atoms with Crippen molar-refractivity contribution < 1.29 is 9.18 Å². The Labute approximate surface area is 184 Å². The third kappa shape index (κ3) is 3.86. The van der Waals surface area contributed by atoms with Crippen molar-refractivity contribution in [3.63, 3.8) is 0 Å². The number of thiazole rings is 1. The number of likely N-dealkylation sites (N-methyl/N-ethyl adjacent to an activating group) is 1. The van der Waals surface area contributed by atoms with Gasteiger partial charge in [0.05, 0.1) is 22.5 Å². The number of nitrogens with zero attached hydrogens (tertiary/aromatic N) is 4. The fourth-order valence-corrected chi connectivity index (χ4v) is 4.88. The second-order valence-corrected chi connectivity index (χ2v) is 8.75. The van der Waals surface area contributed by atoms with Crippen molar-refractivity contribution >= 4 is 22.8 Å². The van der Waals surface area contributed by atoms with Crippen LogP contribution < -0.4 is 0 Å². The van der Waals surface area contributed by atoms with Crippen LogP contribution in [0.15, 0.2) is 60.1 Å². The molecule has 1 aromatic carbocycles. The Balaban J connectivity index is 1.52. The zero-order valence-corrected chi connectivity index (χ0v) is 18.1. The van der Waals surface area contributed by atoms with Crippen LogP contribution in [0.1, 0.15) is 16.8 Å². The molecule has 0 unspecified atom stereocenters. The second-order valence-electron chi connectivity index (χ2n) is 7.89. The van der Waals surface area contributed by atoms with Crippen molar-refractivity contribution in [1.82, 2.24) is 19.2 Å². The molecule has 5 nitrogen and oxygen atoms in total. The zero-order chi connectivity index (χ0) is 21.4. The Morgan fingerprint density at radius 3 is 2.74 bits per heavy atom. The highest BCUT2D eigenvalue weighted by molar-refractivity contribution is 7.13. The highest BCUT2D eigenvalue weighted by Crippen LogP contribution is 2.32. The van der Waals surface area contributed by atoms with Crippen LogP contribution in [0.3, 0.4) is 0 Å². The molecule has 0 atom stereocenters. The summed E-state index contributed by atoms with van der Waals surface area (Å²) in [6.45, 7) is 3.41. The first kappa shape index (κ1) is 19.9. The molecule has 0 radical (unpaired) electrons. The van der Waals surface area contributed by atoms with Crippen molar-refractivity contribution in [1.29, 1.82) is 0 Å². The minimum atomic E-state index is -0.263. The number of carbonyl (C=O) groups is 1. The topological polar surface area (TPSA) is 40.8 Å². The van der Waals surface area contributed by atoms with Gasteiger partial charge >= 0.3 is 0 Å². The fourth-order valence-electron chi connectivity index (χ4n) is 4.06. The summed E-state index contributed by atoms with van der Waals surface area (Å²) in [4.78, 5) is 22.4. The summed E-state index contributed by atoms with van der Waals surface area (Å²) in [5.41, 5.74) is 4.16. The Hall–Kier alpha value is -3.03. The first-order valence-electron chi connectivity index (χ1n) is 10.4. The predicted octanol–water partition coefficient (Wildman–Crippen LogP) is 4.65. The van der Waals surface area contributed by atoms with Crippen molar-refractivity contribution in [2.24, 2.45) is 0 Å². The van der Waals surface area contributed by atoms with Gasteiger partial charge in [-0.3, -0.25) is 4.79 Å². The van der Waals surface area contributed by atoms with Crippen LogP contribution in [-0.4, -0.2) is 58.3 Å². The second kappa shape index (κ2) is 8.24. The van der Waals surface area contributed by atoms with Crippen LogP contribution in [0.2, 0.25) is 0 Å². The number of benzene rings is 1. The lowest BCUT2D eigenvalue weighted by atomic mass is 10.2. The number of fused-ring (bicyclic) bond motifs is 1. The largest absolute Gasteiger partial charge is 0.337 e. The Morgan fingerprint density at radius 1 is 1.06 bits per heavy atom. The summed E-state index contributed by atoms with van der Waals surface area (Å²) >= 11 is 1.51. The normalized spacial score (nSPS) is 15.4. The summed E-state index contributed by atoms with van der Waals surface area (Å²) in [6.07, 6.45) is 2.95. The van der Waals surface area contributed by atoms with Crippen LogP contribution >= 0.6 is 11.3 Å². The Bertz CT molecular complexity index is 1230. The molecule has 0 N–H and O–H groups in total. The molecule has 7 heteroatoms.